The molecule has 0 aliphatic rings. The SMILES string of the molecule is Cc1ccc(Cl)c(NC(=O)c2cc(N)ccc2C)c1. The van der Waals surface area contributed by atoms with Crippen LogP contribution in [0.3, 0.4) is 0 Å². The lowest BCUT2D eigenvalue weighted by Gasteiger charge is -2.10. The van der Waals surface area contributed by atoms with Crippen LogP contribution < -0.4 is 11.1 Å². The van der Waals surface area contributed by atoms with Crippen molar-refractivity contribution in [3.05, 3.63) is 58.1 Å². The number of nitrogens with two attached hydrogens (primary N) is 1. The van der Waals surface area contributed by atoms with E-state index in [2.05, 4.69) is 5.32 Å². The number of benzene rings is 2. The van der Waals surface area contributed by atoms with E-state index in [-0.39, 0.29) is 5.91 Å². The molecule has 0 heterocycles. The number of anilines is 2. The summed E-state index contributed by atoms with van der Waals surface area (Å²) in [5.74, 6) is -0.211. The average Bonchev–Trinajstić information content (AvgIpc) is 2.36. The topological polar surface area (TPSA) is 55.1 Å². The highest BCUT2D eigenvalue weighted by atomic mass is 35.5. The monoisotopic (exact) mass is 274 g/mol. The summed E-state index contributed by atoms with van der Waals surface area (Å²) in [5, 5.41) is 3.32. The third-order valence-corrected chi connectivity index (χ3v) is 3.21. The van der Waals surface area contributed by atoms with Gasteiger partial charge in [-0.2, -0.15) is 0 Å². The maximum atomic E-state index is 12.2. The van der Waals surface area contributed by atoms with E-state index in [1.165, 1.54) is 0 Å². The van der Waals surface area contributed by atoms with Crippen molar-refractivity contribution in [3.8, 4) is 0 Å². The molecule has 3 nitrogen and oxygen atoms in total. The number of halogens is 1. The molecule has 0 atom stereocenters. The maximum absolute atomic E-state index is 12.2. The van der Waals surface area contributed by atoms with E-state index in [4.69, 9.17) is 17.3 Å². The van der Waals surface area contributed by atoms with Gasteiger partial charge in [-0.05, 0) is 49.2 Å². The zero-order valence-corrected chi connectivity index (χ0v) is 11.6. The van der Waals surface area contributed by atoms with Crippen LogP contribution >= 0.6 is 11.6 Å². The minimum absolute atomic E-state index is 0.211. The lowest BCUT2D eigenvalue weighted by atomic mass is 10.1. The second kappa shape index (κ2) is 5.33. The van der Waals surface area contributed by atoms with Gasteiger partial charge in [-0.3, -0.25) is 4.79 Å². The van der Waals surface area contributed by atoms with Crippen LogP contribution in [0.1, 0.15) is 21.5 Å². The standard InChI is InChI=1S/C15H15ClN2O/c1-9-3-6-13(16)14(7-9)18-15(19)12-8-11(17)5-4-10(12)2/h3-8H,17H2,1-2H3,(H,18,19). The molecule has 0 spiro atoms. The summed E-state index contributed by atoms with van der Waals surface area (Å²) in [6, 6.07) is 10.7. The van der Waals surface area contributed by atoms with E-state index in [1.54, 1.807) is 18.2 Å². The number of aryl methyl sites for hydroxylation is 2. The summed E-state index contributed by atoms with van der Waals surface area (Å²) in [5.41, 5.74) is 9.33. The van der Waals surface area contributed by atoms with Gasteiger partial charge in [-0.25, -0.2) is 0 Å². The van der Waals surface area contributed by atoms with E-state index in [9.17, 15) is 4.79 Å². The summed E-state index contributed by atoms with van der Waals surface area (Å²) in [7, 11) is 0. The molecule has 0 aliphatic heterocycles. The Morgan fingerprint density at radius 3 is 2.63 bits per heavy atom. The Morgan fingerprint density at radius 2 is 1.89 bits per heavy atom. The summed E-state index contributed by atoms with van der Waals surface area (Å²) < 4.78 is 0. The Bertz CT molecular complexity index is 638. The van der Waals surface area contributed by atoms with Crippen molar-refractivity contribution < 1.29 is 4.79 Å². The van der Waals surface area contributed by atoms with Crippen LogP contribution in [0.4, 0.5) is 11.4 Å². The molecule has 2 aromatic carbocycles. The molecule has 0 fully saturated rings. The smallest absolute Gasteiger partial charge is 0.256 e. The third kappa shape index (κ3) is 3.06. The van der Waals surface area contributed by atoms with Crippen LogP contribution in [0.15, 0.2) is 36.4 Å². The first-order valence-electron chi connectivity index (χ1n) is 5.91. The van der Waals surface area contributed by atoms with Crippen molar-refractivity contribution in [1.29, 1.82) is 0 Å². The number of carbonyl (C=O) groups excluding carboxylic acids is 1. The molecule has 0 bridgehead atoms. The quantitative estimate of drug-likeness (QED) is 0.819. The Hall–Kier alpha value is -2.00. The lowest BCUT2D eigenvalue weighted by Crippen LogP contribution is -2.14. The fraction of sp³-hybridized carbons (Fsp3) is 0.133. The van der Waals surface area contributed by atoms with Crippen molar-refractivity contribution in [2.75, 3.05) is 11.1 Å². The maximum Gasteiger partial charge on any atom is 0.256 e. The number of amides is 1. The van der Waals surface area contributed by atoms with Gasteiger partial charge in [0.05, 0.1) is 10.7 Å². The van der Waals surface area contributed by atoms with E-state index >= 15 is 0 Å². The van der Waals surface area contributed by atoms with Crippen LogP contribution in [0.2, 0.25) is 5.02 Å². The number of hydrogen-bond donors (Lipinski definition) is 2. The van der Waals surface area contributed by atoms with Gasteiger partial charge < -0.3 is 11.1 Å². The number of carbonyl (C=O) groups is 1. The van der Waals surface area contributed by atoms with E-state index in [0.717, 1.165) is 11.1 Å². The molecule has 2 aromatic rings. The van der Waals surface area contributed by atoms with Crippen LogP contribution in [0.5, 0.6) is 0 Å². The molecule has 2 rings (SSSR count). The number of nitrogen functional groups attached to an aromatic ring is 1. The molecule has 0 saturated heterocycles. The van der Waals surface area contributed by atoms with E-state index in [1.807, 2.05) is 32.0 Å². The Morgan fingerprint density at radius 1 is 1.16 bits per heavy atom. The van der Waals surface area contributed by atoms with E-state index < -0.39 is 0 Å². The van der Waals surface area contributed by atoms with E-state index in [0.29, 0.717) is 22.0 Å². The molecule has 0 aromatic heterocycles. The normalized spacial score (nSPS) is 10.3. The van der Waals surface area contributed by atoms with Crippen LogP contribution in [-0.4, -0.2) is 5.91 Å². The second-order valence-electron chi connectivity index (χ2n) is 4.51. The predicted octanol–water partition coefficient (Wildman–Crippen LogP) is 3.79. The highest BCUT2D eigenvalue weighted by Crippen LogP contribution is 2.24. The fourth-order valence-corrected chi connectivity index (χ4v) is 1.97. The molecule has 0 radical (unpaired) electrons. The van der Waals surface area contributed by atoms with Crippen LogP contribution in [-0.2, 0) is 0 Å². The predicted molar refractivity (Wildman–Crippen MR) is 79.7 cm³/mol. The van der Waals surface area contributed by atoms with Gasteiger partial charge in [-0.15, -0.1) is 0 Å². The second-order valence-corrected chi connectivity index (χ2v) is 4.92. The third-order valence-electron chi connectivity index (χ3n) is 2.88. The number of hydrogen-bond acceptors (Lipinski definition) is 2. The van der Waals surface area contributed by atoms with Gasteiger partial charge in [0.15, 0.2) is 0 Å². The molecular weight excluding hydrogens is 260 g/mol. The van der Waals surface area contributed by atoms with Gasteiger partial charge in [0.1, 0.15) is 0 Å². The first-order chi connectivity index (χ1) is 8.97. The average molecular weight is 275 g/mol. The largest absolute Gasteiger partial charge is 0.399 e. The molecule has 0 saturated carbocycles. The minimum atomic E-state index is -0.211. The van der Waals surface area contributed by atoms with Crippen molar-refractivity contribution in [2.24, 2.45) is 0 Å². The molecule has 98 valence electrons. The summed E-state index contributed by atoms with van der Waals surface area (Å²) >= 11 is 6.06. The number of rotatable bonds is 2. The minimum Gasteiger partial charge on any atom is -0.399 e. The van der Waals surface area contributed by atoms with Gasteiger partial charge in [0, 0.05) is 11.3 Å². The van der Waals surface area contributed by atoms with Crippen LogP contribution in [0, 0.1) is 13.8 Å². The summed E-state index contributed by atoms with van der Waals surface area (Å²) in [6.07, 6.45) is 0. The first-order valence-corrected chi connectivity index (χ1v) is 6.29. The summed E-state index contributed by atoms with van der Waals surface area (Å²) in [4.78, 5) is 12.2. The van der Waals surface area contributed by atoms with Gasteiger partial charge in [-0.1, -0.05) is 23.7 Å². The Kier molecular flexibility index (Phi) is 3.76. The van der Waals surface area contributed by atoms with Crippen molar-refractivity contribution >= 4 is 28.9 Å². The number of nitrogens with one attached hydrogen (secondary N) is 1. The zero-order chi connectivity index (χ0) is 14.0. The summed E-state index contributed by atoms with van der Waals surface area (Å²) in [6.45, 7) is 3.81. The molecule has 1 amide bonds. The van der Waals surface area contributed by atoms with Crippen LogP contribution in [0.25, 0.3) is 0 Å². The molecule has 0 aliphatic carbocycles. The Labute approximate surface area is 117 Å². The first kappa shape index (κ1) is 13.4. The highest BCUT2D eigenvalue weighted by Gasteiger charge is 2.11. The molecule has 0 unspecified atom stereocenters. The molecular formula is C15H15ClN2O. The lowest BCUT2D eigenvalue weighted by molar-refractivity contribution is 0.102. The van der Waals surface area contributed by atoms with Gasteiger partial charge >= 0.3 is 0 Å². The molecule has 4 heteroatoms. The van der Waals surface area contributed by atoms with Gasteiger partial charge in [0.25, 0.3) is 5.91 Å². The molecule has 19 heavy (non-hydrogen) atoms. The highest BCUT2D eigenvalue weighted by molar-refractivity contribution is 6.34. The fourth-order valence-electron chi connectivity index (χ4n) is 1.81. The Balaban J connectivity index is 2.30. The molecule has 3 N–H and O–H groups in total. The van der Waals surface area contributed by atoms with Gasteiger partial charge in [0.2, 0.25) is 0 Å². The van der Waals surface area contributed by atoms with Crippen molar-refractivity contribution in [1.82, 2.24) is 0 Å². The zero-order valence-electron chi connectivity index (χ0n) is 10.8. The van der Waals surface area contributed by atoms with Crippen molar-refractivity contribution in [3.63, 3.8) is 0 Å². The van der Waals surface area contributed by atoms with Crippen molar-refractivity contribution in [2.45, 2.75) is 13.8 Å².